The first-order valence-electron chi connectivity index (χ1n) is 11.9. The molecule has 0 unspecified atom stereocenters. The van der Waals surface area contributed by atoms with E-state index in [0.717, 1.165) is 0 Å². The maximum Gasteiger partial charge on any atom is 0.254 e. The molecule has 8 heteroatoms. The van der Waals surface area contributed by atoms with E-state index in [2.05, 4.69) is 0 Å². The van der Waals surface area contributed by atoms with Crippen molar-refractivity contribution in [2.75, 3.05) is 13.1 Å². The number of fused-ring (bicyclic) bond motifs is 1. The van der Waals surface area contributed by atoms with Gasteiger partial charge in [-0.15, -0.1) is 0 Å². The van der Waals surface area contributed by atoms with Crippen molar-refractivity contribution in [2.24, 2.45) is 0 Å². The van der Waals surface area contributed by atoms with Crippen LogP contribution in [0.15, 0.2) is 88.3 Å². The van der Waals surface area contributed by atoms with Crippen molar-refractivity contribution in [2.45, 2.75) is 26.4 Å². The van der Waals surface area contributed by atoms with Crippen LogP contribution in [0.2, 0.25) is 5.02 Å². The first-order chi connectivity index (χ1) is 17.9. The number of halogens is 2. The largest absolute Gasteiger partial charge is 0.464 e. The molecule has 0 saturated carbocycles. The molecule has 0 atom stereocenters. The molecule has 0 spiro atoms. The quantitative estimate of drug-likeness (QED) is 0.285. The zero-order valence-corrected chi connectivity index (χ0v) is 21.1. The number of amides is 2. The first-order valence-corrected chi connectivity index (χ1v) is 12.3. The number of rotatable bonds is 9. The molecule has 1 heterocycles. The Labute approximate surface area is 218 Å². The molecular weight excluding hydrogens is 495 g/mol. The Morgan fingerprint density at radius 1 is 0.946 bits per heavy atom. The van der Waals surface area contributed by atoms with Gasteiger partial charge in [0.1, 0.15) is 17.9 Å². The van der Waals surface area contributed by atoms with Crippen molar-refractivity contribution in [1.29, 1.82) is 0 Å². The van der Waals surface area contributed by atoms with Crippen LogP contribution in [0.3, 0.4) is 0 Å². The Balaban J connectivity index is 1.63. The van der Waals surface area contributed by atoms with Gasteiger partial charge in [0.25, 0.3) is 5.91 Å². The zero-order chi connectivity index (χ0) is 26.4. The lowest BCUT2D eigenvalue weighted by molar-refractivity contribution is -0.133. The topological polar surface area (TPSA) is 70.8 Å². The third-order valence-electron chi connectivity index (χ3n) is 5.93. The van der Waals surface area contributed by atoms with Crippen LogP contribution in [-0.2, 0) is 17.9 Å². The van der Waals surface area contributed by atoms with Gasteiger partial charge in [0.2, 0.25) is 5.91 Å². The fourth-order valence-corrected chi connectivity index (χ4v) is 4.26. The maximum atomic E-state index is 13.6. The summed E-state index contributed by atoms with van der Waals surface area (Å²) in [6.45, 7) is 2.17. The first kappa shape index (κ1) is 26.1. The monoisotopic (exact) mass is 520 g/mol. The average molecular weight is 521 g/mol. The normalized spacial score (nSPS) is 10.9. The summed E-state index contributed by atoms with van der Waals surface area (Å²) in [5, 5.41) is 0.840. The summed E-state index contributed by atoms with van der Waals surface area (Å²) in [7, 11) is 0. The minimum absolute atomic E-state index is 0.0330. The van der Waals surface area contributed by atoms with Gasteiger partial charge >= 0.3 is 0 Å². The molecule has 190 valence electrons. The highest BCUT2D eigenvalue weighted by atomic mass is 35.5. The lowest BCUT2D eigenvalue weighted by Crippen LogP contribution is -2.43. The molecule has 4 aromatic rings. The van der Waals surface area contributed by atoms with Crippen molar-refractivity contribution < 1.29 is 18.4 Å². The van der Waals surface area contributed by atoms with E-state index in [1.807, 2.05) is 6.92 Å². The third kappa shape index (κ3) is 6.43. The van der Waals surface area contributed by atoms with Crippen LogP contribution in [0.1, 0.15) is 34.8 Å². The van der Waals surface area contributed by atoms with Crippen LogP contribution < -0.4 is 5.43 Å². The van der Waals surface area contributed by atoms with E-state index in [1.165, 1.54) is 28.2 Å². The van der Waals surface area contributed by atoms with Gasteiger partial charge in [0, 0.05) is 23.7 Å². The molecule has 0 aliphatic heterocycles. The summed E-state index contributed by atoms with van der Waals surface area (Å²) < 4.78 is 19.1. The van der Waals surface area contributed by atoms with Crippen molar-refractivity contribution in [3.05, 3.63) is 117 Å². The summed E-state index contributed by atoms with van der Waals surface area (Å²) in [6, 6.07) is 19.3. The Morgan fingerprint density at radius 2 is 1.70 bits per heavy atom. The van der Waals surface area contributed by atoms with E-state index in [-0.39, 0.29) is 36.9 Å². The van der Waals surface area contributed by atoms with Crippen molar-refractivity contribution in [3.8, 4) is 0 Å². The summed E-state index contributed by atoms with van der Waals surface area (Å²) in [6.07, 6.45) is 2.00. The second-order valence-electron chi connectivity index (χ2n) is 8.70. The Bertz CT molecular complexity index is 1470. The highest BCUT2D eigenvalue weighted by Gasteiger charge is 2.24. The van der Waals surface area contributed by atoms with Gasteiger partial charge < -0.3 is 14.2 Å². The molecule has 37 heavy (non-hydrogen) atoms. The van der Waals surface area contributed by atoms with Crippen molar-refractivity contribution in [1.82, 2.24) is 9.80 Å². The van der Waals surface area contributed by atoms with Crippen LogP contribution >= 0.6 is 11.6 Å². The number of para-hydroxylation sites is 1. The molecule has 0 saturated heterocycles. The highest BCUT2D eigenvalue weighted by molar-refractivity contribution is 6.31. The molecule has 1 aromatic heterocycles. The van der Waals surface area contributed by atoms with E-state index in [0.29, 0.717) is 45.6 Å². The minimum atomic E-state index is -0.391. The molecule has 0 aliphatic carbocycles. The fraction of sp³-hybridized carbons (Fsp3) is 0.207. The second-order valence-corrected chi connectivity index (χ2v) is 9.14. The van der Waals surface area contributed by atoms with Gasteiger partial charge in [0.15, 0.2) is 5.43 Å². The van der Waals surface area contributed by atoms with Crippen LogP contribution in [0.5, 0.6) is 0 Å². The zero-order valence-electron chi connectivity index (χ0n) is 20.3. The minimum Gasteiger partial charge on any atom is -0.464 e. The molecule has 0 radical (unpaired) electrons. The molecule has 2 amide bonds. The second kappa shape index (κ2) is 11.8. The lowest BCUT2D eigenvalue weighted by atomic mass is 10.1. The van der Waals surface area contributed by atoms with Crippen LogP contribution in [0.4, 0.5) is 4.39 Å². The number of carbonyl (C=O) groups excluding carboxylic acids is 2. The summed E-state index contributed by atoms with van der Waals surface area (Å²) in [5.74, 6) is -1.07. The summed E-state index contributed by atoms with van der Waals surface area (Å²) in [4.78, 5) is 42.8. The molecule has 0 bridgehead atoms. The molecule has 3 aromatic carbocycles. The van der Waals surface area contributed by atoms with Gasteiger partial charge in [-0.2, -0.15) is 0 Å². The molecule has 4 rings (SSSR count). The van der Waals surface area contributed by atoms with Gasteiger partial charge in [-0.1, -0.05) is 48.9 Å². The van der Waals surface area contributed by atoms with Crippen LogP contribution in [-0.4, -0.2) is 34.7 Å². The molecule has 0 N–H and O–H groups in total. The van der Waals surface area contributed by atoms with E-state index >= 15 is 0 Å². The Hall–Kier alpha value is -3.97. The van der Waals surface area contributed by atoms with E-state index in [1.54, 1.807) is 60.7 Å². The summed E-state index contributed by atoms with van der Waals surface area (Å²) >= 11 is 6.06. The summed E-state index contributed by atoms with van der Waals surface area (Å²) in [5.41, 5.74) is 1.59. The van der Waals surface area contributed by atoms with Gasteiger partial charge in [-0.25, -0.2) is 4.39 Å². The number of nitrogens with zero attached hydrogens (tertiary/aromatic N) is 2. The molecular formula is C29H26ClFN2O4. The number of hydrogen-bond donors (Lipinski definition) is 0. The fourth-order valence-electron chi connectivity index (χ4n) is 4.06. The Kier molecular flexibility index (Phi) is 8.36. The average Bonchev–Trinajstić information content (AvgIpc) is 2.90. The van der Waals surface area contributed by atoms with Crippen molar-refractivity contribution in [3.63, 3.8) is 0 Å². The predicted molar refractivity (Wildman–Crippen MR) is 141 cm³/mol. The van der Waals surface area contributed by atoms with Crippen LogP contribution in [0, 0.1) is 5.82 Å². The number of hydrogen-bond acceptors (Lipinski definition) is 4. The highest BCUT2D eigenvalue weighted by Crippen LogP contribution is 2.16. The lowest BCUT2D eigenvalue weighted by Gasteiger charge is -2.28. The number of benzene rings is 3. The van der Waals surface area contributed by atoms with E-state index in [4.69, 9.17) is 16.0 Å². The maximum absolute atomic E-state index is 13.6. The Morgan fingerprint density at radius 3 is 2.43 bits per heavy atom. The van der Waals surface area contributed by atoms with E-state index < -0.39 is 5.82 Å². The molecule has 6 nitrogen and oxygen atoms in total. The predicted octanol–water partition coefficient (Wildman–Crippen LogP) is 5.67. The SMILES string of the molecule is CCCN(CC(=O)N(Cc1ccc(F)cc1)Cc1coc2ccccc2c1=O)C(=O)c1cccc(Cl)c1. The molecule has 0 fully saturated rings. The molecule has 0 aliphatic rings. The standard InChI is InChI=1S/C29H26ClFN2O4/c1-2-14-32(29(36)21-6-5-7-23(30)15-21)18-27(34)33(16-20-10-12-24(31)13-11-20)17-22-19-37-26-9-4-3-8-25(26)28(22)35/h3-13,15,19H,2,14,16-18H2,1H3. The van der Waals surface area contributed by atoms with Crippen LogP contribution in [0.25, 0.3) is 11.0 Å². The van der Waals surface area contributed by atoms with E-state index in [9.17, 15) is 18.8 Å². The number of carbonyl (C=O) groups is 2. The van der Waals surface area contributed by atoms with Gasteiger partial charge in [0.05, 0.1) is 23.8 Å². The smallest absolute Gasteiger partial charge is 0.254 e. The van der Waals surface area contributed by atoms with Gasteiger partial charge in [-0.3, -0.25) is 14.4 Å². The third-order valence-corrected chi connectivity index (χ3v) is 6.17. The van der Waals surface area contributed by atoms with Gasteiger partial charge in [-0.05, 0) is 54.4 Å². The van der Waals surface area contributed by atoms with Crippen molar-refractivity contribution >= 4 is 34.4 Å².